The molecule has 96 valence electrons. The third-order valence-electron chi connectivity index (χ3n) is 2.60. The topological polar surface area (TPSA) is 88.1 Å². The Morgan fingerprint density at radius 1 is 1.50 bits per heavy atom. The fourth-order valence-electron chi connectivity index (χ4n) is 1.57. The van der Waals surface area contributed by atoms with Crippen molar-refractivity contribution < 1.29 is 9.53 Å². The van der Waals surface area contributed by atoms with Gasteiger partial charge in [-0.15, -0.1) is 0 Å². The van der Waals surface area contributed by atoms with Gasteiger partial charge in [0.05, 0.1) is 18.4 Å². The lowest BCUT2D eigenvalue weighted by Gasteiger charge is -2.21. The number of hydrogen-bond acceptors (Lipinski definition) is 5. The minimum absolute atomic E-state index is 0.0431. The number of nitriles is 1. The summed E-state index contributed by atoms with van der Waals surface area (Å²) in [4.78, 5) is 11.6. The maximum absolute atomic E-state index is 11.6. The van der Waals surface area contributed by atoms with E-state index in [1.807, 2.05) is 19.9 Å². The van der Waals surface area contributed by atoms with Crippen LogP contribution in [0.5, 0.6) is 0 Å². The molecule has 0 amide bonds. The Kier molecular flexibility index (Phi) is 4.55. The molecule has 0 spiro atoms. The monoisotopic (exact) mass is 247 g/mol. The molecule has 5 heteroatoms. The van der Waals surface area contributed by atoms with Gasteiger partial charge in [-0.25, -0.2) is 4.79 Å². The summed E-state index contributed by atoms with van der Waals surface area (Å²) in [7, 11) is 1.34. The van der Waals surface area contributed by atoms with Crippen molar-refractivity contribution in [2.45, 2.75) is 19.9 Å². The number of anilines is 2. The number of ether oxygens (including phenoxy) is 1. The summed E-state index contributed by atoms with van der Waals surface area (Å²) in [5, 5.41) is 12.1. The highest BCUT2D eigenvalue weighted by atomic mass is 16.5. The first-order valence-corrected chi connectivity index (χ1v) is 5.63. The van der Waals surface area contributed by atoms with Crippen LogP contribution in [0.4, 0.5) is 11.4 Å². The van der Waals surface area contributed by atoms with Crippen LogP contribution < -0.4 is 11.1 Å². The molecule has 0 bridgehead atoms. The second kappa shape index (κ2) is 5.92. The Labute approximate surface area is 107 Å². The van der Waals surface area contributed by atoms with Gasteiger partial charge in [0, 0.05) is 5.69 Å². The summed E-state index contributed by atoms with van der Waals surface area (Å²) in [6.07, 6.45) is 0. The Morgan fingerprint density at radius 3 is 2.67 bits per heavy atom. The van der Waals surface area contributed by atoms with E-state index in [4.69, 9.17) is 15.7 Å². The van der Waals surface area contributed by atoms with E-state index in [0.717, 1.165) is 0 Å². The Bertz CT molecular complexity index is 478. The highest BCUT2D eigenvalue weighted by Crippen LogP contribution is 2.21. The van der Waals surface area contributed by atoms with Crippen molar-refractivity contribution in [3.8, 4) is 6.07 Å². The van der Waals surface area contributed by atoms with Crippen LogP contribution in [-0.4, -0.2) is 19.1 Å². The first-order chi connectivity index (χ1) is 8.49. The number of benzene rings is 1. The van der Waals surface area contributed by atoms with E-state index in [9.17, 15) is 4.79 Å². The van der Waals surface area contributed by atoms with Gasteiger partial charge < -0.3 is 15.8 Å². The predicted molar refractivity (Wildman–Crippen MR) is 69.8 cm³/mol. The summed E-state index contributed by atoms with van der Waals surface area (Å²) in [5.41, 5.74) is 7.11. The van der Waals surface area contributed by atoms with Crippen molar-refractivity contribution in [3.05, 3.63) is 23.8 Å². The number of nitrogens with one attached hydrogen (secondary N) is 1. The van der Waals surface area contributed by atoms with E-state index in [1.54, 1.807) is 18.2 Å². The van der Waals surface area contributed by atoms with Gasteiger partial charge in [-0.1, -0.05) is 13.8 Å². The zero-order chi connectivity index (χ0) is 13.7. The van der Waals surface area contributed by atoms with Crippen molar-refractivity contribution in [2.75, 3.05) is 18.2 Å². The zero-order valence-corrected chi connectivity index (χ0v) is 10.7. The van der Waals surface area contributed by atoms with E-state index in [0.29, 0.717) is 16.9 Å². The van der Waals surface area contributed by atoms with Crippen LogP contribution >= 0.6 is 0 Å². The highest BCUT2D eigenvalue weighted by Gasteiger charge is 2.23. The molecule has 0 heterocycles. The van der Waals surface area contributed by atoms with Crippen molar-refractivity contribution >= 4 is 17.3 Å². The number of carbonyl (C=O) groups is 1. The first-order valence-electron chi connectivity index (χ1n) is 5.63. The molecule has 1 unspecified atom stereocenters. The molecular formula is C13H17N3O2. The number of carbonyl (C=O) groups excluding carboxylic acids is 1. The van der Waals surface area contributed by atoms with Crippen LogP contribution in [0.25, 0.3) is 0 Å². The molecule has 0 saturated carbocycles. The number of nitrogen functional groups attached to an aromatic ring is 1. The Morgan fingerprint density at radius 2 is 2.17 bits per heavy atom. The number of methoxy groups -OCH3 is 1. The Hall–Kier alpha value is -2.22. The summed E-state index contributed by atoms with van der Waals surface area (Å²) in [5.74, 6) is -0.313. The SMILES string of the molecule is COC(=O)C(Nc1ccc(N)cc1C#N)C(C)C. The summed E-state index contributed by atoms with van der Waals surface area (Å²) in [6, 6.07) is 6.48. The van der Waals surface area contributed by atoms with Crippen LogP contribution in [0, 0.1) is 17.2 Å². The van der Waals surface area contributed by atoms with Gasteiger partial charge in [0.25, 0.3) is 0 Å². The van der Waals surface area contributed by atoms with Crippen molar-refractivity contribution in [1.29, 1.82) is 5.26 Å². The summed E-state index contributed by atoms with van der Waals surface area (Å²) < 4.78 is 4.73. The fraction of sp³-hybridized carbons (Fsp3) is 0.385. The van der Waals surface area contributed by atoms with Gasteiger partial charge in [-0.3, -0.25) is 0 Å². The second-order valence-electron chi connectivity index (χ2n) is 4.31. The van der Waals surface area contributed by atoms with E-state index < -0.39 is 6.04 Å². The molecule has 0 aromatic heterocycles. The van der Waals surface area contributed by atoms with Gasteiger partial charge >= 0.3 is 5.97 Å². The maximum Gasteiger partial charge on any atom is 0.328 e. The zero-order valence-electron chi connectivity index (χ0n) is 10.7. The normalized spacial score (nSPS) is 11.7. The molecule has 5 nitrogen and oxygen atoms in total. The van der Waals surface area contributed by atoms with Crippen LogP contribution in [-0.2, 0) is 9.53 Å². The van der Waals surface area contributed by atoms with Gasteiger partial charge in [0.1, 0.15) is 12.1 Å². The lowest BCUT2D eigenvalue weighted by atomic mass is 10.0. The number of nitrogens with zero attached hydrogens (tertiary/aromatic N) is 1. The molecule has 0 aliphatic rings. The molecule has 1 aromatic carbocycles. The molecule has 0 saturated heterocycles. The van der Waals surface area contributed by atoms with Gasteiger partial charge in [-0.05, 0) is 24.1 Å². The average molecular weight is 247 g/mol. The molecular weight excluding hydrogens is 230 g/mol. The molecule has 0 aliphatic carbocycles. The number of nitrogens with two attached hydrogens (primary N) is 1. The van der Waals surface area contributed by atoms with Gasteiger partial charge in [-0.2, -0.15) is 5.26 Å². The predicted octanol–water partition coefficient (Wildman–Crippen LogP) is 1.75. The maximum atomic E-state index is 11.6. The van der Waals surface area contributed by atoms with E-state index in [1.165, 1.54) is 7.11 Å². The summed E-state index contributed by atoms with van der Waals surface area (Å²) >= 11 is 0. The third kappa shape index (κ3) is 3.14. The van der Waals surface area contributed by atoms with Crippen LogP contribution in [0.15, 0.2) is 18.2 Å². The molecule has 1 rings (SSSR count). The molecule has 18 heavy (non-hydrogen) atoms. The lowest BCUT2D eigenvalue weighted by Crippen LogP contribution is -2.35. The van der Waals surface area contributed by atoms with Crippen molar-refractivity contribution in [3.63, 3.8) is 0 Å². The standard InChI is InChI=1S/C13H17N3O2/c1-8(2)12(13(17)18-3)16-11-5-4-10(15)6-9(11)7-14/h4-6,8,12,16H,15H2,1-3H3. The smallest absolute Gasteiger partial charge is 0.328 e. The van der Waals surface area contributed by atoms with Crippen molar-refractivity contribution in [2.24, 2.45) is 5.92 Å². The number of hydrogen-bond donors (Lipinski definition) is 2. The number of esters is 1. The summed E-state index contributed by atoms with van der Waals surface area (Å²) in [6.45, 7) is 3.80. The third-order valence-corrected chi connectivity index (χ3v) is 2.60. The quantitative estimate of drug-likeness (QED) is 0.625. The highest BCUT2D eigenvalue weighted by molar-refractivity contribution is 5.80. The Balaban J connectivity index is 3.01. The van der Waals surface area contributed by atoms with Crippen LogP contribution in [0.1, 0.15) is 19.4 Å². The van der Waals surface area contributed by atoms with Crippen LogP contribution in [0.2, 0.25) is 0 Å². The molecule has 3 N–H and O–H groups in total. The molecule has 0 radical (unpaired) electrons. The largest absolute Gasteiger partial charge is 0.467 e. The minimum atomic E-state index is -0.495. The van der Waals surface area contributed by atoms with Crippen molar-refractivity contribution in [1.82, 2.24) is 0 Å². The van der Waals surface area contributed by atoms with E-state index in [2.05, 4.69) is 5.32 Å². The molecule has 1 atom stereocenters. The van der Waals surface area contributed by atoms with E-state index in [-0.39, 0.29) is 11.9 Å². The van der Waals surface area contributed by atoms with Crippen LogP contribution in [0.3, 0.4) is 0 Å². The molecule has 0 aliphatic heterocycles. The average Bonchev–Trinajstić information content (AvgIpc) is 2.35. The van der Waals surface area contributed by atoms with E-state index >= 15 is 0 Å². The van der Waals surface area contributed by atoms with Gasteiger partial charge in [0.2, 0.25) is 0 Å². The second-order valence-corrected chi connectivity index (χ2v) is 4.31. The fourth-order valence-corrected chi connectivity index (χ4v) is 1.57. The van der Waals surface area contributed by atoms with Gasteiger partial charge in [0.15, 0.2) is 0 Å². The lowest BCUT2D eigenvalue weighted by molar-refractivity contribution is -0.142. The minimum Gasteiger partial charge on any atom is -0.467 e. The molecule has 1 aromatic rings. The number of rotatable bonds is 4. The molecule has 0 fully saturated rings. The first kappa shape index (κ1) is 13.8.